The molecular formula is C17H21N3S. The Morgan fingerprint density at radius 1 is 1.24 bits per heavy atom. The van der Waals surface area contributed by atoms with E-state index < -0.39 is 0 Å². The van der Waals surface area contributed by atoms with Gasteiger partial charge in [0, 0.05) is 11.4 Å². The normalized spacial score (nSPS) is 13.3. The molecule has 0 saturated carbocycles. The number of imidazole rings is 1. The molecule has 0 radical (unpaired) electrons. The minimum atomic E-state index is 0.382. The van der Waals surface area contributed by atoms with Crippen molar-refractivity contribution in [2.75, 3.05) is 0 Å². The fraction of sp³-hybridized carbons (Fsp3) is 0.412. The van der Waals surface area contributed by atoms with Gasteiger partial charge in [0.1, 0.15) is 0 Å². The number of fused-ring (bicyclic) bond motifs is 3. The first-order chi connectivity index (χ1) is 10.2. The number of aromatic amines is 1. The summed E-state index contributed by atoms with van der Waals surface area (Å²) < 4.78 is 3.08. The number of hydrogen-bond donors (Lipinski definition) is 1. The number of benzene rings is 1. The van der Waals surface area contributed by atoms with Crippen LogP contribution in [0.2, 0.25) is 0 Å². The van der Waals surface area contributed by atoms with Crippen LogP contribution in [0.1, 0.15) is 39.7 Å². The van der Waals surface area contributed by atoms with Gasteiger partial charge in [0.25, 0.3) is 0 Å². The summed E-state index contributed by atoms with van der Waals surface area (Å²) in [5.41, 5.74) is 3.23. The number of rotatable bonds is 4. The Hall–Kier alpha value is -1.68. The zero-order valence-corrected chi connectivity index (χ0v) is 13.6. The fourth-order valence-corrected chi connectivity index (χ4v) is 3.69. The summed E-state index contributed by atoms with van der Waals surface area (Å²) in [6.45, 7) is 6.78. The van der Waals surface area contributed by atoms with Crippen molar-refractivity contribution >= 4 is 34.2 Å². The van der Waals surface area contributed by atoms with Crippen LogP contribution in [0.25, 0.3) is 21.9 Å². The molecule has 2 aromatic heterocycles. The van der Waals surface area contributed by atoms with Gasteiger partial charge in [0.05, 0.1) is 22.7 Å². The van der Waals surface area contributed by atoms with Gasteiger partial charge in [-0.15, -0.1) is 0 Å². The Balaban J connectivity index is 2.33. The van der Waals surface area contributed by atoms with Crippen molar-refractivity contribution in [2.24, 2.45) is 5.92 Å². The van der Waals surface area contributed by atoms with Gasteiger partial charge in [-0.25, -0.2) is 0 Å². The molecule has 3 aromatic rings. The maximum absolute atomic E-state index is 5.59. The lowest BCUT2D eigenvalue weighted by Crippen LogP contribution is -2.15. The highest BCUT2D eigenvalue weighted by molar-refractivity contribution is 7.71. The second-order valence-electron chi connectivity index (χ2n) is 5.65. The highest BCUT2D eigenvalue weighted by Crippen LogP contribution is 2.31. The number of nitrogens with one attached hydrogen (secondary N) is 1. The predicted octanol–water partition coefficient (Wildman–Crippen LogP) is 5.24. The van der Waals surface area contributed by atoms with E-state index >= 15 is 0 Å². The van der Waals surface area contributed by atoms with Gasteiger partial charge in [0.15, 0.2) is 4.77 Å². The summed E-state index contributed by atoms with van der Waals surface area (Å²) in [7, 11) is 0. The topological polar surface area (TPSA) is 33.6 Å². The van der Waals surface area contributed by atoms with Crippen LogP contribution in [-0.4, -0.2) is 14.5 Å². The van der Waals surface area contributed by atoms with E-state index in [0.717, 1.165) is 28.6 Å². The molecule has 21 heavy (non-hydrogen) atoms. The lowest BCUT2D eigenvalue weighted by atomic mass is 9.95. The number of pyridine rings is 1. The van der Waals surface area contributed by atoms with Crippen molar-refractivity contribution in [1.82, 2.24) is 14.5 Å². The largest absolute Gasteiger partial charge is 0.329 e. The first kappa shape index (κ1) is 14.3. The molecule has 2 heterocycles. The molecule has 0 aliphatic carbocycles. The van der Waals surface area contributed by atoms with Crippen molar-refractivity contribution < 1.29 is 0 Å². The third-order valence-electron chi connectivity index (χ3n) is 4.59. The Bertz CT molecular complexity index is 827. The van der Waals surface area contributed by atoms with E-state index in [1.165, 1.54) is 10.9 Å². The summed E-state index contributed by atoms with van der Waals surface area (Å²) >= 11 is 5.59. The lowest BCUT2D eigenvalue weighted by Gasteiger charge is -2.23. The van der Waals surface area contributed by atoms with Crippen molar-refractivity contribution in [1.29, 1.82) is 0 Å². The molecule has 1 N–H and O–H groups in total. The first-order valence-corrected chi connectivity index (χ1v) is 8.06. The van der Waals surface area contributed by atoms with Crippen molar-refractivity contribution in [3.8, 4) is 0 Å². The van der Waals surface area contributed by atoms with Gasteiger partial charge >= 0.3 is 0 Å². The van der Waals surface area contributed by atoms with E-state index in [0.29, 0.717) is 12.0 Å². The van der Waals surface area contributed by atoms with E-state index in [1.807, 2.05) is 12.3 Å². The minimum Gasteiger partial charge on any atom is -0.329 e. The summed E-state index contributed by atoms with van der Waals surface area (Å²) in [4.78, 5) is 7.84. The molecule has 3 nitrogen and oxygen atoms in total. The first-order valence-electron chi connectivity index (χ1n) is 7.65. The van der Waals surface area contributed by atoms with Crippen LogP contribution in [0.3, 0.4) is 0 Å². The highest BCUT2D eigenvalue weighted by atomic mass is 32.1. The van der Waals surface area contributed by atoms with Crippen LogP contribution in [0.5, 0.6) is 0 Å². The Labute approximate surface area is 130 Å². The second-order valence-corrected chi connectivity index (χ2v) is 6.04. The van der Waals surface area contributed by atoms with Crippen LogP contribution < -0.4 is 0 Å². The molecule has 4 heteroatoms. The standard InChI is InChI=1S/C17H21N3S/c1-4-12(5-2)11(3)20-16-13-8-6-7-9-14(13)18-10-15(16)19-17(20)21/h6-12H,4-5H2,1-3H3,(H,19,21). The van der Waals surface area contributed by atoms with Crippen LogP contribution >= 0.6 is 12.2 Å². The van der Waals surface area contributed by atoms with Gasteiger partial charge in [-0.3, -0.25) is 4.98 Å². The van der Waals surface area contributed by atoms with Gasteiger partial charge in [-0.1, -0.05) is 44.9 Å². The maximum atomic E-state index is 5.59. The highest BCUT2D eigenvalue weighted by Gasteiger charge is 2.20. The molecule has 0 saturated heterocycles. The van der Waals surface area contributed by atoms with Crippen molar-refractivity contribution in [3.63, 3.8) is 0 Å². The second kappa shape index (κ2) is 5.60. The van der Waals surface area contributed by atoms with Crippen LogP contribution in [0.4, 0.5) is 0 Å². The molecule has 1 aromatic carbocycles. The fourth-order valence-electron chi connectivity index (χ4n) is 3.33. The average Bonchev–Trinajstić information content (AvgIpc) is 2.84. The third-order valence-corrected chi connectivity index (χ3v) is 4.89. The number of nitrogens with zero attached hydrogens (tertiary/aromatic N) is 2. The molecule has 0 fully saturated rings. The molecule has 0 amide bonds. The van der Waals surface area contributed by atoms with Gasteiger partial charge in [-0.2, -0.15) is 0 Å². The smallest absolute Gasteiger partial charge is 0.178 e. The molecule has 1 unspecified atom stereocenters. The molecule has 3 rings (SSSR count). The van der Waals surface area contributed by atoms with Crippen LogP contribution in [0.15, 0.2) is 30.5 Å². The maximum Gasteiger partial charge on any atom is 0.178 e. The van der Waals surface area contributed by atoms with Gasteiger partial charge in [0.2, 0.25) is 0 Å². The quantitative estimate of drug-likeness (QED) is 0.668. The summed E-state index contributed by atoms with van der Waals surface area (Å²) in [6, 6.07) is 8.65. The molecule has 0 spiro atoms. The van der Waals surface area contributed by atoms with Crippen LogP contribution in [-0.2, 0) is 0 Å². The molecule has 0 aliphatic heterocycles. The minimum absolute atomic E-state index is 0.382. The molecular weight excluding hydrogens is 278 g/mol. The Morgan fingerprint density at radius 2 is 1.95 bits per heavy atom. The van der Waals surface area contributed by atoms with Crippen LogP contribution in [0, 0.1) is 10.7 Å². The third kappa shape index (κ3) is 2.27. The summed E-state index contributed by atoms with van der Waals surface area (Å²) in [5, 5.41) is 1.17. The number of aromatic nitrogens is 3. The zero-order valence-electron chi connectivity index (χ0n) is 12.8. The number of hydrogen-bond acceptors (Lipinski definition) is 2. The van der Waals surface area contributed by atoms with Gasteiger partial charge < -0.3 is 9.55 Å². The van der Waals surface area contributed by atoms with Crippen molar-refractivity contribution in [3.05, 3.63) is 35.2 Å². The SMILES string of the molecule is CCC(CC)C(C)n1c(=S)[nH]c2cnc3ccccc3c21. The average molecular weight is 299 g/mol. The van der Waals surface area contributed by atoms with E-state index in [2.05, 4.69) is 53.5 Å². The van der Waals surface area contributed by atoms with Gasteiger partial charge in [-0.05, 0) is 31.1 Å². The van der Waals surface area contributed by atoms with Crippen molar-refractivity contribution in [2.45, 2.75) is 39.7 Å². The summed E-state index contributed by atoms with van der Waals surface area (Å²) in [5.74, 6) is 0.627. The molecule has 1 atom stereocenters. The lowest BCUT2D eigenvalue weighted by molar-refractivity contribution is 0.337. The van der Waals surface area contributed by atoms with E-state index in [4.69, 9.17) is 12.2 Å². The van der Waals surface area contributed by atoms with E-state index in [-0.39, 0.29) is 0 Å². The Morgan fingerprint density at radius 3 is 2.67 bits per heavy atom. The van der Waals surface area contributed by atoms with E-state index in [9.17, 15) is 0 Å². The molecule has 110 valence electrons. The van der Waals surface area contributed by atoms with E-state index in [1.54, 1.807) is 0 Å². The summed E-state index contributed by atoms with van der Waals surface area (Å²) in [6.07, 6.45) is 4.22. The monoisotopic (exact) mass is 299 g/mol. The Kier molecular flexibility index (Phi) is 3.81. The zero-order chi connectivity index (χ0) is 15.0. The molecule has 0 aliphatic rings. The number of para-hydroxylation sites is 1. The number of H-pyrrole nitrogens is 1. The molecule has 0 bridgehead atoms. The predicted molar refractivity (Wildman–Crippen MR) is 91.2 cm³/mol.